The van der Waals surface area contributed by atoms with E-state index in [1.54, 1.807) is 0 Å². The zero-order chi connectivity index (χ0) is 27.5. The third kappa shape index (κ3) is 6.24. The van der Waals surface area contributed by atoms with Crippen molar-refractivity contribution in [3.63, 3.8) is 0 Å². The van der Waals surface area contributed by atoms with Gasteiger partial charge in [0.2, 0.25) is 0 Å². The summed E-state index contributed by atoms with van der Waals surface area (Å²) in [6.45, 7) is 6.70. The lowest BCUT2D eigenvalue weighted by Crippen LogP contribution is -2.31. The monoisotopic (exact) mass is 537 g/mol. The van der Waals surface area contributed by atoms with Crippen LogP contribution in [0.5, 0.6) is 5.75 Å². The van der Waals surface area contributed by atoms with Gasteiger partial charge < -0.3 is 24.5 Å². The number of hydrogen-bond donors (Lipinski definition) is 1. The lowest BCUT2D eigenvalue weighted by atomic mass is 9.85. The Labute approximate surface area is 229 Å². The molecule has 0 bridgehead atoms. The summed E-state index contributed by atoms with van der Waals surface area (Å²) < 4.78 is 21.2. The van der Waals surface area contributed by atoms with Gasteiger partial charge in [-0.1, -0.05) is 31.2 Å². The number of aromatic nitrogens is 6. The zero-order valence-electron chi connectivity index (χ0n) is 23.2. The van der Waals surface area contributed by atoms with Crippen molar-refractivity contribution in [1.29, 1.82) is 0 Å². The summed E-state index contributed by atoms with van der Waals surface area (Å²) in [4.78, 5) is 11.0. The molecule has 0 unspecified atom stereocenters. The van der Waals surface area contributed by atoms with Gasteiger partial charge in [-0.2, -0.15) is 0 Å². The lowest BCUT2D eigenvalue weighted by Gasteiger charge is -2.28. The Bertz CT molecular complexity index is 1260. The van der Waals surface area contributed by atoms with E-state index in [2.05, 4.69) is 51.1 Å². The number of carbonyl (C=O) groups excluding carboxylic acids is 1. The molecule has 1 aliphatic carbocycles. The van der Waals surface area contributed by atoms with E-state index in [1.165, 1.54) is 5.56 Å². The van der Waals surface area contributed by atoms with Crippen molar-refractivity contribution in [1.82, 2.24) is 29.8 Å². The molecule has 2 aromatic heterocycles. The van der Waals surface area contributed by atoms with Gasteiger partial charge in [-0.05, 0) is 69.1 Å². The van der Waals surface area contributed by atoms with Gasteiger partial charge in [0.1, 0.15) is 29.5 Å². The predicted octanol–water partition coefficient (Wildman–Crippen LogP) is 4.88. The van der Waals surface area contributed by atoms with Gasteiger partial charge in [0.15, 0.2) is 11.9 Å². The molecule has 0 radical (unpaired) electrons. The summed E-state index contributed by atoms with van der Waals surface area (Å²) in [6, 6.07) is 8.55. The summed E-state index contributed by atoms with van der Waals surface area (Å²) in [6.07, 6.45) is 5.98. The molecule has 3 atom stereocenters. The Morgan fingerprint density at radius 3 is 2.56 bits per heavy atom. The Morgan fingerprint density at radius 2 is 1.87 bits per heavy atom. The van der Waals surface area contributed by atoms with Crippen molar-refractivity contribution in [2.45, 2.75) is 95.5 Å². The smallest absolute Gasteiger partial charge is 0.404 e. The molecule has 1 aromatic carbocycles. The fourth-order valence-corrected chi connectivity index (χ4v) is 5.70. The third-order valence-electron chi connectivity index (χ3n) is 7.95. The first-order chi connectivity index (χ1) is 18.8. The minimum atomic E-state index is -0.767. The molecule has 2 fully saturated rings. The highest BCUT2D eigenvalue weighted by molar-refractivity contribution is 5.64. The molecule has 11 heteroatoms. The maximum absolute atomic E-state index is 11.0. The van der Waals surface area contributed by atoms with Crippen LogP contribution in [0.4, 0.5) is 4.79 Å². The molecule has 1 saturated heterocycles. The third-order valence-corrected chi connectivity index (χ3v) is 7.95. The maximum Gasteiger partial charge on any atom is 0.404 e. The second-order valence-corrected chi connectivity index (χ2v) is 11.0. The molecule has 3 heterocycles. The largest absolute Gasteiger partial charge is 0.483 e. The van der Waals surface area contributed by atoms with Gasteiger partial charge in [0.25, 0.3) is 0 Å². The van der Waals surface area contributed by atoms with Crippen LogP contribution >= 0.6 is 0 Å². The fraction of sp³-hybridized carbons (Fsp3) is 0.607. The van der Waals surface area contributed by atoms with E-state index in [4.69, 9.17) is 19.9 Å². The van der Waals surface area contributed by atoms with Crippen LogP contribution in [0.25, 0.3) is 0 Å². The molecule has 3 aromatic rings. The van der Waals surface area contributed by atoms with Crippen LogP contribution in [0.1, 0.15) is 112 Å². The van der Waals surface area contributed by atoms with E-state index in [9.17, 15) is 4.79 Å². The van der Waals surface area contributed by atoms with Crippen molar-refractivity contribution >= 4 is 6.09 Å². The number of ether oxygens (including phenoxy) is 3. The molecular formula is C28H39N7O4. The number of carbonyl (C=O) groups is 1. The molecule has 39 heavy (non-hydrogen) atoms. The SMILES string of the molecule is CC(C)c1cccc(O[C@H](C)c2nnc(C3CCC(n4cc([C@@H]5CC[C@@H](OC(N)=O)CO5)nn4)CC3)n2C)c1. The minimum Gasteiger partial charge on any atom is -0.483 e. The average Bonchev–Trinajstić information content (AvgIpc) is 3.56. The number of primary amides is 1. The molecule has 5 rings (SSSR count). The van der Waals surface area contributed by atoms with Crippen molar-refractivity contribution in [2.24, 2.45) is 12.8 Å². The number of hydrogen-bond acceptors (Lipinski definition) is 8. The van der Waals surface area contributed by atoms with Crippen LogP contribution < -0.4 is 10.5 Å². The highest BCUT2D eigenvalue weighted by Gasteiger charge is 2.31. The number of nitrogens with two attached hydrogens (primary N) is 1. The van der Waals surface area contributed by atoms with Gasteiger partial charge in [0.05, 0.1) is 18.8 Å². The first-order valence-electron chi connectivity index (χ1n) is 13.9. The Kier molecular flexibility index (Phi) is 8.15. The predicted molar refractivity (Wildman–Crippen MR) is 143 cm³/mol. The first kappa shape index (κ1) is 27.1. The minimum absolute atomic E-state index is 0.142. The van der Waals surface area contributed by atoms with E-state index in [-0.39, 0.29) is 18.3 Å². The van der Waals surface area contributed by atoms with E-state index in [0.29, 0.717) is 37.3 Å². The molecule has 1 saturated carbocycles. The van der Waals surface area contributed by atoms with E-state index >= 15 is 0 Å². The normalized spacial score (nSPS) is 24.4. The van der Waals surface area contributed by atoms with Gasteiger partial charge in [-0.3, -0.25) is 0 Å². The number of benzene rings is 1. The standard InChI is InChI=1S/C28H39N7O4/c1-17(2)20-6-5-7-22(14-20)38-18(3)26-31-32-27(34(26)4)19-8-10-21(11-9-19)35-15-24(30-33-35)25-13-12-23(16-37-25)39-28(29)36/h5-7,14-15,17-19,21,23,25H,8-13,16H2,1-4H3,(H2,29,36)/t18-,19?,21?,23-,25+/m1/s1. The number of rotatable bonds is 8. The van der Waals surface area contributed by atoms with Crippen LogP contribution in [-0.2, 0) is 16.5 Å². The summed E-state index contributed by atoms with van der Waals surface area (Å²) >= 11 is 0. The zero-order valence-corrected chi connectivity index (χ0v) is 23.2. The second-order valence-electron chi connectivity index (χ2n) is 11.0. The lowest BCUT2D eigenvalue weighted by molar-refractivity contribution is -0.0617. The molecule has 1 amide bonds. The molecule has 1 aliphatic heterocycles. The van der Waals surface area contributed by atoms with Crippen LogP contribution in [0.2, 0.25) is 0 Å². The topological polar surface area (TPSA) is 132 Å². The van der Waals surface area contributed by atoms with E-state index < -0.39 is 6.09 Å². The molecule has 2 aliphatic rings. The molecule has 210 valence electrons. The molecule has 11 nitrogen and oxygen atoms in total. The summed E-state index contributed by atoms with van der Waals surface area (Å²) in [5, 5.41) is 17.9. The Hall–Kier alpha value is -3.47. The Balaban J connectivity index is 1.15. The van der Waals surface area contributed by atoms with Crippen LogP contribution in [0.3, 0.4) is 0 Å². The van der Waals surface area contributed by atoms with Crippen molar-refractivity contribution in [3.05, 3.63) is 53.4 Å². The van der Waals surface area contributed by atoms with Crippen molar-refractivity contribution in [2.75, 3.05) is 6.61 Å². The maximum atomic E-state index is 11.0. The summed E-state index contributed by atoms with van der Waals surface area (Å²) in [5.74, 6) is 3.48. The quantitative estimate of drug-likeness (QED) is 0.430. The van der Waals surface area contributed by atoms with E-state index in [1.807, 2.05) is 37.0 Å². The second kappa shape index (κ2) is 11.7. The Morgan fingerprint density at radius 1 is 1.08 bits per heavy atom. The molecule has 2 N–H and O–H groups in total. The van der Waals surface area contributed by atoms with Gasteiger partial charge in [-0.25, -0.2) is 9.48 Å². The van der Waals surface area contributed by atoms with Gasteiger partial charge in [0, 0.05) is 13.0 Å². The van der Waals surface area contributed by atoms with Crippen LogP contribution in [0.15, 0.2) is 30.5 Å². The van der Waals surface area contributed by atoms with Crippen molar-refractivity contribution in [3.8, 4) is 5.75 Å². The van der Waals surface area contributed by atoms with Crippen LogP contribution in [0, 0.1) is 0 Å². The van der Waals surface area contributed by atoms with Crippen molar-refractivity contribution < 1.29 is 19.0 Å². The summed E-state index contributed by atoms with van der Waals surface area (Å²) in [7, 11) is 2.04. The van der Waals surface area contributed by atoms with Crippen LogP contribution in [-0.4, -0.2) is 48.6 Å². The first-order valence-corrected chi connectivity index (χ1v) is 13.9. The highest BCUT2D eigenvalue weighted by atomic mass is 16.6. The average molecular weight is 538 g/mol. The van der Waals surface area contributed by atoms with Gasteiger partial charge >= 0.3 is 6.09 Å². The molecule has 0 spiro atoms. The molecular weight excluding hydrogens is 498 g/mol. The van der Waals surface area contributed by atoms with Gasteiger partial charge in [-0.15, -0.1) is 15.3 Å². The van der Waals surface area contributed by atoms with E-state index in [0.717, 1.165) is 48.8 Å². The number of nitrogens with zero attached hydrogens (tertiary/aromatic N) is 6. The number of amides is 1. The highest BCUT2D eigenvalue weighted by Crippen LogP contribution is 2.38. The fourth-order valence-electron chi connectivity index (χ4n) is 5.70. The summed E-state index contributed by atoms with van der Waals surface area (Å²) in [5.41, 5.74) is 7.18.